The van der Waals surface area contributed by atoms with Gasteiger partial charge in [0, 0.05) is 37.1 Å². The lowest BCUT2D eigenvalue weighted by atomic mass is 9.99. The predicted octanol–water partition coefficient (Wildman–Crippen LogP) is 1.67. The van der Waals surface area contributed by atoms with Crippen LogP contribution >= 0.6 is 0 Å². The van der Waals surface area contributed by atoms with Gasteiger partial charge in [-0.1, -0.05) is 10.3 Å². The number of aromatic nitrogens is 4. The van der Waals surface area contributed by atoms with Crippen molar-refractivity contribution in [2.45, 2.75) is 12.8 Å². The topological polar surface area (TPSA) is 98.2 Å². The van der Waals surface area contributed by atoms with Crippen molar-refractivity contribution in [3.63, 3.8) is 0 Å². The molecule has 0 atom stereocenters. The van der Waals surface area contributed by atoms with E-state index in [2.05, 4.69) is 20.3 Å². The second-order valence-electron chi connectivity index (χ2n) is 5.43. The molecular weight excluding hydrogens is 298 g/mol. The first kappa shape index (κ1) is 13.6. The molecule has 0 aromatic carbocycles. The molecule has 116 valence electrons. The van der Waals surface area contributed by atoms with Gasteiger partial charge in [-0.2, -0.15) is 4.98 Å². The third-order valence-corrected chi connectivity index (χ3v) is 3.73. The normalized spacial score (nSPS) is 14.7. The molecule has 3 aromatic rings. The van der Waals surface area contributed by atoms with E-state index in [1.54, 1.807) is 30.3 Å². The molecule has 0 radical (unpaired) electrons. The molecule has 1 aliphatic rings. The van der Waals surface area contributed by atoms with Crippen LogP contribution in [-0.4, -0.2) is 44.2 Å². The maximum absolute atomic E-state index is 12.2. The fourth-order valence-electron chi connectivity index (χ4n) is 2.44. The minimum absolute atomic E-state index is 0.0462. The van der Waals surface area contributed by atoms with E-state index in [-0.39, 0.29) is 11.8 Å². The predicted molar refractivity (Wildman–Crippen MR) is 77.4 cm³/mol. The van der Waals surface area contributed by atoms with Gasteiger partial charge in [-0.3, -0.25) is 9.78 Å². The van der Waals surface area contributed by atoms with Gasteiger partial charge in [0.05, 0.1) is 5.92 Å². The van der Waals surface area contributed by atoms with Crippen molar-refractivity contribution in [2.75, 3.05) is 13.1 Å². The molecule has 4 rings (SSSR count). The fraction of sp³-hybridized carbons (Fsp3) is 0.267. The molecule has 8 nitrogen and oxygen atoms in total. The molecule has 1 fully saturated rings. The number of carbonyl (C=O) groups is 1. The van der Waals surface area contributed by atoms with Gasteiger partial charge in [0.15, 0.2) is 5.69 Å². The Labute approximate surface area is 131 Å². The highest BCUT2D eigenvalue weighted by Crippen LogP contribution is 2.28. The molecule has 3 aromatic heterocycles. The second-order valence-corrected chi connectivity index (χ2v) is 5.43. The summed E-state index contributed by atoms with van der Waals surface area (Å²) in [6, 6.07) is 5.31. The molecule has 8 heteroatoms. The monoisotopic (exact) mass is 311 g/mol. The van der Waals surface area contributed by atoms with E-state index in [0.717, 1.165) is 5.56 Å². The second kappa shape index (κ2) is 5.31. The van der Waals surface area contributed by atoms with E-state index < -0.39 is 0 Å². The summed E-state index contributed by atoms with van der Waals surface area (Å²) >= 11 is 0. The summed E-state index contributed by atoms with van der Waals surface area (Å²) in [4.78, 5) is 22.3. The Morgan fingerprint density at radius 2 is 2.17 bits per heavy atom. The van der Waals surface area contributed by atoms with Crippen molar-refractivity contribution in [3.8, 4) is 11.4 Å². The van der Waals surface area contributed by atoms with Crippen molar-refractivity contribution < 1.29 is 13.8 Å². The third kappa shape index (κ3) is 2.48. The van der Waals surface area contributed by atoms with Gasteiger partial charge < -0.3 is 13.9 Å². The van der Waals surface area contributed by atoms with Gasteiger partial charge in [0.1, 0.15) is 5.76 Å². The fourth-order valence-corrected chi connectivity index (χ4v) is 2.44. The zero-order chi connectivity index (χ0) is 15.8. The third-order valence-electron chi connectivity index (χ3n) is 3.73. The van der Waals surface area contributed by atoms with Crippen LogP contribution in [0.15, 0.2) is 39.6 Å². The molecule has 0 aliphatic carbocycles. The summed E-state index contributed by atoms with van der Waals surface area (Å²) in [6.45, 7) is 2.81. The van der Waals surface area contributed by atoms with Gasteiger partial charge in [-0.15, -0.1) is 0 Å². The minimum atomic E-state index is -0.148. The SMILES string of the molecule is Cc1cc(C(=O)N2CC(c3nc(-c4cccnc4)no3)C2)no1. The Hall–Kier alpha value is -3.03. The van der Waals surface area contributed by atoms with Crippen molar-refractivity contribution in [2.24, 2.45) is 0 Å². The molecular formula is C15H13N5O3. The van der Waals surface area contributed by atoms with Gasteiger partial charge in [-0.05, 0) is 19.1 Å². The Balaban J connectivity index is 1.42. The first-order valence-corrected chi connectivity index (χ1v) is 7.17. The molecule has 0 N–H and O–H groups in total. The smallest absolute Gasteiger partial charge is 0.276 e. The quantitative estimate of drug-likeness (QED) is 0.725. The van der Waals surface area contributed by atoms with Crippen LogP contribution in [0.5, 0.6) is 0 Å². The Morgan fingerprint density at radius 1 is 1.30 bits per heavy atom. The summed E-state index contributed by atoms with van der Waals surface area (Å²) in [5, 5.41) is 7.70. The van der Waals surface area contributed by atoms with Crippen LogP contribution in [-0.2, 0) is 0 Å². The average Bonchev–Trinajstić information content (AvgIpc) is 3.16. The van der Waals surface area contributed by atoms with Crippen LogP contribution in [0.1, 0.15) is 28.1 Å². The highest BCUT2D eigenvalue weighted by Gasteiger charge is 2.37. The molecule has 4 heterocycles. The number of amides is 1. The summed E-state index contributed by atoms with van der Waals surface area (Å²) < 4.78 is 10.2. The van der Waals surface area contributed by atoms with E-state index in [1.165, 1.54) is 0 Å². The molecule has 0 bridgehead atoms. The summed E-state index contributed by atoms with van der Waals surface area (Å²) in [5.41, 5.74) is 1.12. The number of pyridine rings is 1. The zero-order valence-electron chi connectivity index (χ0n) is 12.3. The van der Waals surface area contributed by atoms with E-state index >= 15 is 0 Å². The standard InChI is InChI=1S/C15H13N5O3/c1-9-5-12(18-22-9)15(21)20-7-11(8-20)14-17-13(19-23-14)10-3-2-4-16-6-10/h2-6,11H,7-8H2,1H3. The maximum Gasteiger partial charge on any atom is 0.276 e. The van der Waals surface area contributed by atoms with Crippen LogP contribution in [0.2, 0.25) is 0 Å². The first-order chi connectivity index (χ1) is 11.2. The number of rotatable bonds is 3. The number of likely N-dealkylation sites (tertiary alicyclic amines) is 1. The molecule has 1 amide bonds. The van der Waals surface area contributed by atoms with Crippen molar-refractivity contribution in [3.05, 3.63) is 47.9 Å². The number of aryl methyl sites for hydroxylation is 1. The molecule has 0 unspecified atom stereocenters. The first-order valence-electron chi connectivity index (χ1n) is 7.17. The van der Waals surface area contributed by atoms with Crippen LogP contribution in [0.4, 0.5) is 0 Å². The molecule has 0 saturated carbocycles. The maximum atomic E-state index is 12.2. The summed E-state index contributed by atoms with van der Waals surface area (Å²) in [7, 11) is 0. The van der Waals surface area contributed by atoms with Gasteiger partial charge in [0.2, 0.25) is 11.7 Å². The van der Waals surface area contributed by atoms with Crippen LogP contribution in [0.25, 0.3) is 11.4 Å². The lowest BCUT2D eigenvalue weighted by molar-refractivity contribution is 0.0558. The van der Waals surface area contributed by atoms with E-state index in [9.17, 15) is 4.79 Å². The highest BCUT2D eigenvalue weighted by atomic mass is 16.5. The average molecular weight is 311 g/mol. The largest absolute Gasteiger partial charge is 0.361 e. The lowest BCUT2D eigenvalue weighted by Crippen LogP contribution is -2.48. The Morgan fingerprint density at radius 3 is 2.87 bits per heavy atom. The van der Waals surface area contributed by atoms with Gasteiger partial charge >= 0.3 is 0 Å². The summed E-state index contributed by atoms with van der Waals surface area (Å²) in [6.07, 6.45) is 3.36. The van der Waals surface area contributed by atoms with Crippen LogP contribution in [0, 0.1) is 6.92 Å². The molecule has 0 spiro atoms. The number of nitrogens with zero attached hydrogens (tertiary/aromatic N) is 5. The van der Waals surface area contributed by atoms with E-state index in [4.69, 9.17) is 9.05 Å². The lowest BCUT2D eigenvalue weighted by Gasteiger charge is -2.36. The van der Waals surface area contributed by atoms with Crippen molar-refractivity contribution in [1.29, 1.82) is 0 Å². The Bertz CT molecular complexity index is 836. The van der Waals surface area contributed by atoms with Crippen molar-refractivity contribution >= 4 is 5.91 Å². The number of hydrogen-bond acceptors (Lipinski definition) is 7. The van der Waals surface area contributed by atoms with E-state index in [0.29, 0.717) is 36.3 Å². The van der Waals surface area contributed by atoms with Crippen molar-refractivity contribution in [1.82, 2.24) is 25.2 Å². The van der Waals surface area contributed by atoms with Gasteiger partial charge in [0.25, 0.3) is 5.91 Å². The highest BCUT2D eigenvalue weighted by molar-refractivity contribution is 5.92. The van der Waals surface area contributed by atoms with E-state index in [1.807, 2.05) is 12.1 Å². The number of carbonyl (C=O) groups excluding carboxylic acids is 1. The summed E-state index contributed by atoms with van der Waals surface area (Å²) in [5.74, 6) is 1.55. The Kier molecular flexibility index (Phi) is 3.14. The molecule has 1 saturated heterocycles. The van der Waals surface area contributed by atoms with Crippen LogP contribution < -0.4 is 0 Å². The van der Waals surface area contributed by atoms with Crippen LogP contribution in [0.3, 0.4) is 0 Å². The molecule has 1 aliphatic heterocycles. The number of hydrogen-bond donors (Lipinski definition) is 0. The molecule has 23 heavy (non-hydrogen) atoms. The zero-order valence-corrected chi connectivity index (χ0v) is 12.3. The minimum Gasteiger partial charge on any atom is -0.361 e. The van der Waals surface area contributed by atoms with Gasteiger partial charge in [-0.25, -0.2) is 0 Å².